The van der Waals surface area contributed by atoms with E-state index in [0.29, 0.717) is 33.0 Å². The summed E-state index contributed by atoms with van der Waals surface area (Å²) in [6.45, 7) is 2.32. The number of ether oxygens (including phenoxy) is 1. The minimum absolute atomic E-state index is 0.318. The number of hydrogen-bond acceptors (Lipinski definition) is 2. The first-order chi connectivity index (χ1) is 13.5. The number of aryl methyl sites for hydroxylation is 1. The van der Waals surface area contributed by atoms with E-state index in [-0.39, 0.29) is 0 Å². The molecule has 0 aromatic heterocycles. The lowest BCUT2D eigenvalue weighted by molar-refractivity contribution is 0.306. The van der Waals surface area contributed by atoms with Crippen molar-refractivity contribution in [1.29, 1.82) is 5.26 Å². The molecule has 0 aliphatic heterocycles. The summed E-state index contributed by atoms with van der Waals surface area (Å²) in [5.74, 6) is 0.407. The molecular weight excluding hydrogens is 413 g/mol. The van der Waals surface area contributed by atoms with Crippen molar-refractivity contribution in [2.24, 2.45) is 0 Å². The van der Waals surface area contributed by atoms with Crippen LogP contribution < -0.4 is 4.74 Å². The molecule has 5 heteroatoms. The maximum Gasteiger partial charge on any atom is 0.157 e. The molecule has 0 aliphatic rings. The predicted molar refractivity (Wildman–Crippen MR) is 117 cm³/mol. The molecular formula is C23H16Cl3NO. The SMILES string of the molecule is Cc1ccc(/C(C#N)=C/c2cc(Cl)c(OCc3ccc(Cl)cc3)c(Cl)c2)cc1. The molecule has 0 N–H and O–H groups in total. The molecule has 0 aliphatic carbocycles. The number of nitriles is 1. The van der Waals surface area contributed by atoms with E-state index in [9.17, 15) is 5.26 Å². The molecule has 140 valence electrons. The Bertz CT molecular complexity index is 1030. The second-order valence-corrected chi connectivity index (χ2v) is 7.52. The van der Waals surface area contributed by atoms with Gasteiger partial charge in [0, 0.05) is 5.02 Å². The summed E-state index contributed by atoms with van der Waals surface area (Å²) in [5.41, 5.74) is 4.18. The summed E-state index contributed by atoms with van der Waals surface area (Å²) in [6.07, 6.45) is 1.76. The maximum absolute atomic E-state index is 9.51. The van der Waals surface area contributed by atoms with Crippen LogP contribution in [0.4, 0.5) is 0 Å². The Hall–Kier alpha value is -2.44. The highest BCUT2D eigenvalue weighted by Gasteiger charge is 2.11. The summed E-state index contributed by atoms with van der Waals surface area (Å²) in [5, 5.41) is 10.9. The highest BCUT2D eigenvalue weighted by atomic mass is 35.5. The Balaban J connectivity index is 1.83. The van der Waals surface area contributed by atoms with Gasteiger partial charge in [-0.1, -0.05) is 76.8 Å². The zero-order valence-electron chi connectivity index (χ0n) is 15.0. The van der Waals surface area contributed by atoms with E-state index < -0.39 is 0 Å². The first-order valence-corrected chi connectivity index (χ1v) is 9.65. The van der Waals surface area contributed by atoms with Crippen LogP contribution in [-0.2, 0) is 6.61 Å². The number of halogens is 3. The fourth-order valence-electron chi connectivity index (χ4n) is 2.62. The van der Waals surface area contributed by atoms with Crippen molar-refractivity contribution in [3.05, 3.63) is 98.0 Å². The Morgan fingerprint density at radius 3 is 2.14 bits per heavy atom. The monoisotopic (exact) mass is 427 g/mol. The first kappa shape index (κ1) is 20.3. The molecule has 0 saturated carbocycles. The minimum Gasteiger partial charge on any atom is -0.486 e. The third-order valence-corrected chi connectivity index (χ3v) is 4.92. The lowest BCUT2D eigenvalue weighted by atomic mass is 10.0. The van der Waals surface area contributed by atoms with Crippen LogP contribution in [0.15, 0.2) is 60.7 Å². The summed E-state index contributed by atoms with van der Waals surface area (Å²) >= 11 is 18.6. The largest absolute Gasteiger partial charge is 0.486 e. The quantitative estimate of drug-likeness (QED) is 0.309. The molecule has 0 spiro atoms. The molecule has 0 fully saturated rings. The average Bonchev–Trinajstić information content (AvgIpc) is 2.67. The van der Waals surface area contributed by atoms with Gasteiger partial charge in [-0.2, -0.15) is 5.26 Å². The van der Waals surface area contributed by atoms with Gasteiger partial charge in [-0.25, -0.2) is 0 Å². The van der Waals surface area contributed by atoms with Gasteiger partial charge in [0.1, 0.15) is 6.61 Å². The molecule has 0 amide bonds. The zero-order valence-corrected chi connectivity index (χ0v) is 17.3. The van der Waals surface area contributed by atoms with E-state index in [2.05, 4.69) is 6.07 Å². The average molecular weight is 429 g/mol. The van der Waals surface area contributed by atoms with Crippen LogP contribution in [0.3, 0.4) is 0 Å². The maximum atomic E-state index is 9.51. The molecule has 3 aromatic carbocycles. The van der Waals surface area contributed by atoms with Gasteiger partial charge in [0.15, 0.2) is 5.75 Å². The smallest absolute Gasteiger partial charge is 0.157 e. The van der Waals surface area contributed by atoms with Crippen molar-refractivity contribution in [1.82, 2.24) is 0 Å². The van der Waals surface area contributed by atoms with Gasteiger partial charge in [-0.3, -0.25) is 0 Å². The van der Waals surface area contributed by atoms with E-state index in [1.54, 1.807) is 30.3 Å². The van der Waals surface area contributed by atoms with E-state index in [1.165, 1.54) is 0 Å². The van der Waals surface area contributed by atoms with Crippen molar-refractivity contribution >= 4 is 46.5 Å². The van der Waals surface area contributed by atoms with Crippen molar-refractivity contribution in [2.45, 2.75) is 13.5 Å². The standard InChI is InChI=1S/C23H16Cl3NO/c1-15-2-6-18(7-3-15)19(13-27)10-17-11-21(25)23(22(26)12-17)28-14-16-4-8-20(24)9-5-16/h2-12H,14H2,1H3/b19-10+. The lowest BCUT2D eigenvalue weighted by Crippen LogP contribution is -1.97. The molecule has 0 radical (unpaired) electrons. The lowest BCUT2D eigenvalue weighted by Gasteiger charge is -2.11. The van der Waals surface area contributed by atoms with Gasteiger partial charge >= 0.3 is 0 Å². The zero-order chi connectivity index (χ0) is 20.1. The number of rotatable bonds is 5. The Morgan fingerprint density at radius 2 is 1.57 bits per heavy atom. The van der Waals surface area contributed by atoms with Crippen LogP contribution in [0.2, 0.25) is 15.1 Å². The minimum atomic E-state index is 0.318. The third-order valence-electron chi connectivity index (χ3n) is 4.11. The van der Waals surface area contributed by atoms with Gasteiger partial charge in [0.2, 0.25) is 0 Å². The number of allylic oxidation sites excluding steroid dienone is 1. The molecule has 3 rings (SSSR count). The third kappa shape index (κ3) is 5.09. The molecule has 0 bridgehead atoms. The van der Waals surface area contributed by atoms with Crippen molar-refractivity contribution in [3.8, 4) is 11.8 Å². The Morgan fingerprint density at radius 1 is 0.964 bits per heavy atom. The van der Waals surface area contributed by atoms with Gasteiger partial charge in [-0.05, 0) is 54.0 Å². The molecule has 3 aromatic rings. The first-order valence-electron chi connectivity index (χ1n) is 8.51. The van der Waals surface area contributed by atoms with Crippen molar-refractivity contribution in [3.63, 3.8) is 0 Å². The van der Waals surface area contributed by atoms with Crippen LogP contribution in [-0.4, -0.2) is 0 Å². The fourth-order valence-corrected chi connectivity index (χ4v) is 3.36. The summed E-state index contributed by atoms with van der Waals surface area (Å²) in [6, 6.07) is 20.8. The topological polar surface area (TPSA) is 33.0 Å². The molecule has 0 atom stereocenters. The number of nitrogens with zero attached hydrogens (tertiary/aromatic N) is 1. The number of hydrogen-bond donors (Lipinski definition) is 0. The Kier molecular flexibility index (Phi) is 6.65. The van der Waals surface area contributed by atoms with E-state index in [0.717, 1.165) is 22.3 Å². The van der Waals surface area contributed by atoms with Gasteiger partial charge in [0.05, 0.1) is 21.7 Å². The molecule has 0 heterocycles. The van der Waals surface area contributed by atoms with Crippen molar-refractivity contribution in [2.75, 3.05) is 0 Å². The van der Waals surface area contributed by atoms with Crippen LogP contribution >= 0.6 is 34.8 Å². The highest BCUT2D eigenvalue weighted by molar-refractivity contribution is 6.37. The van der Waals surface area contributed by atoms with Crippen LogP contribution in [0.1, 0.15) is 22.3 Å². The van der Waals surface area contributed by atoms with Crippen LogP contribution in [0.5, 0.6) is 5.75 Å². The van der Waals surface area contributed by atoms with Gasteiger partial charge in [-0.15, -0.1) is 0 Å². The summed E-state index contributed by atoms with van der Waals surface area (Å²) in [4.78, 5) is 0. The predicted octanol–water partition coefficient (Wildman–Crippen LogP) is 7.60. The second kappa shape index (κ2) is 9.17. The number of benzene rings is 3. The van der Waals surface area contributed by atoms with Gasteiger partial charge in [0.25, 0.3) is 0 Å². The van der Waals surface area contributed by atoms with Crippen LogP contribution in [0.25, 0.3) is 11.6 Å². The van der Waals surface area contributed by atoms with Gasteiger partial charge < -0.3 is 4.74 Å². The second-order valence-electron chi connectivity index (χ2n) is 6.26. The summed E-state index contributed by atoms with van der Waals surface area (Å²) < 4.78 is 5.78. The Labute approximate surface area is 179 Å². The molecule has 2 nitrogen and oxygen atoms in total. The van der Waals surface area contributed by atoms with E-state index in [4.69, 9.17) is 39.5 Å². The van der Waals surface area contributed by atoms with E-state index in [1.807, 2.05) is 43.3 Å². The van der Waals surface area contributed by atoms with E-state index >= 15 is 0 Å². The molecule has 0 saturated heterocycles. The summed E-state index contributed by atoms with van der Waals surface area (Å²) in [7, 11) is 0. The molecule has 0 unspecified atom stereocenters. The van der Waals surface area contributed by atoms with Crippen molar-refractivity contribution < 1.29 is 4.74 Å². The fraction of sp³-hybridized carbons (Fsp3) is 0.0870. The normalized spacial score (nSPS) is 11.2. The van der Waals surface area contributed by atoms with Crippen LogP contribution in [0, 0.1) is 18.3 Å². The molecule has 28 heavy (non-hydrogen) atoms. The highest BCUT2D eigenvalue weighted by Crippen LogP contribution is 2.36.